The minimum absolute atomic E-state index is 0.148. The molecule has 0 fully saturated rings. The van der Waals surface area contributed by atoms with Crippen molar-refractivity contribution in [3.8, 4) is 0 Å². The summed E-state index contributed by atoms with van der Waals surface area (Å²) in [6.45, 7) is 4.13. The van der Waals surface area contributed by atoms with Gasteiger partial charge in [0.15, 0.2) is 0 Å². The molecular formula is C25H27BrN2O3S2. The van der Waals surface area contributed by atoms with Crippen molar-refractivity contribution in [3.05, 3.63) is 94.0 Å². The Balaban J connectivity index is 1.64. The van der Waals surface area contributed by atoms with Gasteiger partial charge in [-0.3, -0.25) is 9.10 Å². The van der Waals surface area contributed by atoms with E-state index in [2.05, 4.69) is 46.4 Å². The Morgan fingerprint density at radius 3 is 2.39 bits per heavy atom. The van der Waals surface area contributed by atoms with Gasteiger partial charge in [-0.2, -0.15) is 11.8 Å². The minimum Gasteiger partial charge on any atom is -0.354 e. The van der Waals surface area contributed by atoms with E-state index in [-0.39, 0.29) is 17.3 Å². The van der Waals surface area contributed by atoms with E-state index in [1.54, 1.807) is 54.2 Å². The molecule has 174 valence electrons. The van der Waals surface area contributed by atoms with Crippen LogP contribution in [-0.2, 0) is 20.6 Å². The molecule has 8 heteroatoms. The lowest BCUT2D eigenvalue weighted by molar-refractivity contribution is -0.119. The number of amides is 1. The predicted molar refractivity (Wildman–Crippen MR) is 140 cm³/mol. The third-order valence-corrected chi connectivity index (χ3v) is 8.22. The molecule has 0 aromatic heterocycles. The maximum Gasteiger partial charge on any atom is 0.264 e. The number of carbonyl (C=O) groups is 1. The number of sulfonamides is 1. The summed E-state index contributed by atoms with van der Waals surface area (Å²) in [5.74, 6) is 1.26. The number of hydrogen-bond acceptors (Lipinski definition) is 4. The van der Waals surface area contributed by atoms with Gasteiger partial charge in [0.2, 0.25) is 5.91 Å². The molecule has 0 saturated carbocycles. The Morgan fingerprint density at radius 2 is 1.70 bits per heavy atom. The highest BCUT2D eigenvalue weighted by Gasteiger charge is 2.27. The van der Waals surface area contributed by atoms with E-state index in [1.165, 1.54) is 11.1 Å². The normalized spacial score (nSPS) is 11.2. The van der Waals surface area contributed by atoms with Gasteiger partial charge in [-0.15, -0.1) is 0 Å². The van der Waals surface area contributed by atoms with E-state index in [1.807, 2.05) is 19.1 Å². The van der Waals surface area contributed by atoms with Gasteiger partial charge in [-0.1, -0.05) is 69.5 Å². The van der Waals surface area contributed by atoms with Gasteiger partial charge >= 0.3 is 0 Å². The summed E-state index contributed by atoms with van der Waals surface area (Å²) in [5.41, 5.74) is 3.86. The highest BCUT2D eigenvalue weighted by atomic mass is 79.9. The average molecular weight is 548 g/mol. The van der Waals surface area contributed by atoms with Gasteiger partial charge in [0, 0.05) is 22.5 Å². The molecule has 0 saturated heterocycles. The molecule has 1 N–H and O–H groups in total. The van der Waals surface area contributed by atoms with Crippen LogP contribution in [0.5, 0.6) is 0 Å². The van der Waals surface area contributed by atoms with Crippen molar-refractivity contribution in [2.45, 2.75) is 24.5 Å². The highest BCUT2D eigenvalue weighted by Crippen LogP contribution is 2.26. The Morgan fingerprint density at radius 1 is 0.970 bits per heavy atom. The number of nitrogens with zero attached hydrogens (tertiary/aromatic N) is 1. The molecule has 3 aromatic rings. The molecule has 0 radical (unpaired) electrons. The fraction of sp³-hybridized carbons (Fsp3) is 0.240. The van der Waals surface area contributed by atoms with Crippen LogP contribution in [0.2, 0.25) is 0 Å². The fourth-order valence-electron chi connectivity index (χ4n) is 3.22. The molecule has 33 heavy (non-hydrogen) atoms. The largest absolute Gasteiger partial charge is 0.354 e. The molecule has 0 unspecified atom stereocenters. The molecule has 0 aliphatic carbocycles. The molecule has 0 aliphatic rings. The number of thioether (sulfide) groups is 1. The lowest BCUT2D eigenvalue weighted by Crippen LogP contribution is -2.41. The number of halogens is 1. The van der Waals surface area contributed by atoms with Gasteiger partial charge in [0.25, 0.3) is 10.0 Å². The van der Waals surface area contributed by atoms with E-state index < -0.39 is 10.0 Å². The van der Waals surface area contributed by atoms with Crippen LogP contribution in [-0.4, -0.2) is 33.2 Å². The van der Waals surface area contributed by atoms with Crippen LogP contribution in [0.25, 0.3) is 0 Å². The average Bonchev–Trinajstić information content (AvgIpc) is 2.77. The zero-order valence-corrected chi connectivity index (χ0v) is 21.8. The summed E-state index contributed by atoms with van der Waals surface area (Å²) in [6, 6.07) is 21.9. The topological polar surface area (TPSA) is 66.5 Å². The summed E-state index contributed by atoms with van der Waals surface area (Å²) in [7, 11) is -3.91. The monoisotopic (exact) mass is 546 g/mol. The van der Waals surface area contributed by atoms with E-state index >= 15 is 0 Å². The van der Waals surface area contributed by atoms with Crippen LogP contribution in [0, 0.1) is 13.8 Å². The summed E-state index contributed by atoms with van der Waals surface area (Å²) < 4.78 is 28.6. The number of benzene rings is 3. The molecule has 3 aromatic carbocycles. The Kier molecular flexibility index (Phi) is 9.00. The van der Waals surface area contributed by atoms with Crippen molar-refractivity contribution in [1.29, 1.82) is 0 Å². The number of rotatable bonds is 10. The van der Waals surface area contributed by atoms with Gasteiger partial charge in [0.05, 0.1) is 10.6 Å². The first-order chi connectivity index (χ1) is 15.8. The Labute approximate surface area is 208 Å². The Hall–Kier alpha value is -2.29. The van der Waals surface area contributed by atoms with E-state index in [0.717, 1.165) is 25.8 Å². The third kappa shape index (κ3) is 7.35. The van der Waals surface area contributed by atoms with Crippen LogP contribution in [0.3, 0.4) is 0 Å². The van der Waals surface area contributed by atoms with Crippen molar-refractivity contribution in [2.24, 2.45) is 0 Å². The summed E-state index contributed by atoms with van der Waals surface area (Å²) in [4.78, 5) is 12.8. The maximum absolute atomic E-state index is 13.4. The number of carbonyl (C=O) groups excluding carboxylic acids is 1. The SMILES string of the molecule is Cc1ccc(S(=O)(=O)N(CC(=O)NCCSCc2cccc(C)c2)c2cccc(Br)c2)cc1. The van der Waals surface area contributed by atoms with E-state index in [0.29, 0.717) is 12.2 Å². The Bertz CT molecular complexity index is 1200. The van der Waals surface area contributed by atoms with Crippen molar-refractivity contribution >= 4 is 49.3 Å². The maximum atomic E-state index is 13.4. The summed E-state index contributed by atoms with van der Waals surface area (Å²) in [5, 5.41) is 2.85. The fourth-order valence-corrected chi connectivity index (χ4v) is 5.83. The standard InChI is InChI=1S/C25H27BrN2O3S2/c1-19-9-11-24(12-10-19)33(30,31)28(23-8-4-7-22(26)16-23)17-25(29)27-13-14-32-18-21-6-3-5-20(2)15-21/h3-12,15-16H,13-14,17-18H2,1-2H3,(H,27,29). The number of aryl methyl sites for hydroxylation is 2. The molecule has 0 atom stereocenters. The van der Waals surface area contributed by atoms with E-state index in [4.69, 9.17) is 0 Å². The van der Waals surface area contributed by atoms with Crippen LogP contribution < -0.4 is 9.62 Å². The minimum atomic E-state index is -3.91. The van der Waals surface area contributed by atoms with E-state index in [9.17, 15) is 13.2 Å². The van der Waals surface area contributed by atoms with Crippen LogP contribution in [0.1, 0.15) is 16.7 Å². The first-order valence-corrected chi connectivity index (χ1v) is 13.9. The van der Waals surface area contributed by atoms with Crippen LogP contribution in [0.15, 0.2) is 82.2 Å². The molecule has 0 bridgehead atoms. The summed E-state index contributed by atoms with van der Waals surface area (Å²) >= 11 is 5.11. The van der Waals surface area contributed by atoms with Gasteiger partial charge in [0.1, 0.15) is 6.54 Å². The van der Waals surface area contributed by atoms with Gasteiger partial charge in [-0.05, 0) is 49.7 Å². The molecule has 1 amide bonds. The second kappa shape index (κ2) is 11.7. The summed E-state index contributed by atoms with van der Waals surface area (Å²) in [6.07, 6.45) is 0. The van der Waals surface area contributed by atoms with Crippen molar-refractivity contribution < 1.29 is 13.2 Å². The molecule has 0 heterocycles. The highest BCUT2D eigenvalue weighted by molar-refractivity contribution is 9.10. The zero-order valence-electron chi connectivity index (χ0n) is 18.6. The van der Waals surface area contributed by atoms with Crippen LogP contribution >= 0.6 is 27.7 Å². The second-order valence-corrected chi connectivity index (χ2v) is 11.6. The number of hydrogen-bond donors (Lipinski definition) is 1. The lowest BCUT2D eigenvalue weighted by Gasteiger charge is -2.24. The molecule has 3 rings (SSSR count). The quantitative estimate of drug-likeness (QED) is 0.350. The van der Waals surface area contributed by atoms with Crippen molar-refractivity contribution in [1.82, 2.24) is 5.32 Å². The zero-order chi connectivity index (χ0) is 23.8. The first-order valence-electron chi connectivity index (χ1n) is 10.5. The number of nitrogens with one attached hydrogen (secondary N) is 1. The first kappa shape index (κ1) is 25.3. The number of anilines is 1. The third-order valence-electron chi connectivity index (χ3n) is 4.91. The van der Waals surface area contributed by atoms with Gasteiger partial charge in [-0.25, -0.2) is 8.42 Å². The smallest absolute Gasteiger partial charge is 0.264 e. The molecular weight excluding hydrogens is 520 g/mol. The predicted octanol–water partition coefficient (Wildman–Crippen LogP) is 5.31. The molecule has 0 aliphatic heterocycles. The van der Waals surface area contributed by atoms with Crippen molar-refractivity contribution in [3.63, 3.8) is 0 Å². The van der Waals surface area contributed by atoms with Crippen LogP contribution in [0.4, 0.5) is 5.69 Å². The van der Waals surface area contributed by atoms with Gasteiger partial charge < -0.3 is 5.32 Å². The molecule has 5 nitrogen and oxygen atoms in total. The lowest BCUT2D eigenvalue weighted by atomic mass is 10.2. The molecule has 0 spiro atoms. The second-order valence-electron chi connectivity index (χ2n) is 7.70. The van der Waals surface area contributed by atoms with Crippen molar-refractivity contribution in [2.75, 3.05) is 23.1 Å².